The molecule has 2 aliphatic heterocycles. The average Bonchev–Trinajstić information content (AvgIpc) is 3.38. The van der Waals surface area contributed by atoms with Gasteiger partial charge in [0.15, 0.2) is 12.6 Å². The van der Waals surface area contributed by atoms with Crippen LogP contribution >= 0.6 is 15.9 Å². The third-order valence-corrected chi connectivity index (χ3v) is 8.45. The van der Waals surface area contributed by atoms with Crippen LogP contribution in [0.4, 0.5) is 8.78 Å². The zero-order valence-corrected chi connectivity index (χ0v) is 27.1. The summed E-state index contributed by atoms with van der Waals surface area (Å²) >= 11 is 3.25. The van der Waals surface area contributed by atoms with Crippen LogP contribution < -0.4 is 9.47 Å². The van der Waals surface area contributed by atoms with E-state index in [9.17, 15) is 18.4 Å². The fraction of sp³-hybridized carbons (Fsp3) is 0.543. The SMILES string of the molecule is C.C.COC(=O)c1cc(Br)c(OC2CCCCO2)cc1F.COC(=O)c1cc(C2=CCCC2(C)C)c(OC2CCCCO2)cc1F. The number of halogens is 3. The van der Waals surface area contributed by atoms with Crippen molar-refractivity contribution in [3.63, 3.8) is 0 Å². The highest BCUT2D eigenvalue weighted by Crippen LogP contribution is 2.47. The van der Waals surface area contributed by atoms with E-state index in [4.69, 9.17) is 23.7 Å². The molecule has 2 unspecified atom stereocenters. The zero-order chi connectivity index (χ0) is 31.9. The molecule has 0 spiro atoms. The Balaban J connectivity index is 0.000000317. The van der Waals surface area contributed by atoms with E-state index in [1.807, 2.05) is 0 Å². The van der Waals surface area contributed by atoms with E-state index in [0.717, 1.165) is 68.6 Å². The Morgan fingerprint density at radius 3 is 1.76 bits per heavy atom. The maximum atomic E-state index is 14.5. The number of hydrogen-bond acceptors (Lipinski definition) is 8. The van der Waals surface area contributed by atoms with Crippen molar-refractivity contribution < 1.29 is 46.8 Å². The van der Waals surface area contributed by atoms with Gasteiger partial charge in [-0.25, -0.2) is 18.4 Å². The monoisotopic (exact) mass is 712 g/mol. The number of ether oxygens (including phenoxy) is 6. The third kappa shape index (κ3) is 9.75. The Morgan fingerprint density at radius 2 is 1.30 bits per heavy atom. The molecule has 2 fully saturated rings. The number of carbonyl (C=O) groups is 2. The smallest absolute Gasteiger partial charge is 0.340 e. The van der Waals surface area contributed by atoms with Crippen LogP contribution in [0.1, 0.15) is 106 Å². The zero-order valence-electron chi connectivity index (χ0n) is 25.5. The molecule has 256 valence electrons. The van der Waals surface area contributed by atoms with Crippen molar-refractivity contribution >= 4 is 33.4 Å². The van der Waals surface area contributed by atoms with Crippen molar-refractivity contribution in [2.45, 2.75) is 92.6 Å². The van der Waals surface area contributed by atoms with Gasteiger partial charge in [-0.3, -0.25) is 0 Å². The fourth-order valence-electron chi connectivity index (χ4n) is 5.37. The lowest BCUT2D eigenvalue weighted by molar-refractivity contribution is -0.106. The van der Waals surface area contributed by atoms with Crippen molar-refractivity contribution in [2.75, 3.05) is 27.4 Å². The molecule has 0 radical (unpaired) electrons. The molecule has 5 rings (SSSR count). The lowest BCUT2D eigenvalue weighted by Crippen LogP contribution is -2.26. The third-order valence-electron chi connectivity index (χ3n) is 7.83. The fourth-order valence-corrected chi connectivity index (χ4v) is 5.81. The van der Waals surface area contributed by atoms with Crippen molar-refractivity contribution in [1.29, 1.82) is 0 Å². The molecule has 8 nitrogen and oxygen atoms in total. The van der Waals surface area contributed by atoms with Crippen molar-refractivity contribution in [2.24, 2.45) is 5.41 Å². The number of allylic oxidation sites excluding steroid dienone is 2. The summed E-state index contributed by atoms with van der Waals surface area (Å²) < 4.78 is 60.6. The molecule has 2 heterocycles. The molecule has 46 heavy (non-hydrogen) atoms. The molecule has 2 saturated heterocycles. The first-order valence-corrected chi connectivity index (χ1v) is 15.6. The molecule has 0 bridgehead atoms. The Morgan fingerprint density at radius 1 is 0.804 bits per heavy atom. The maximum Gasteiger partial charge on any atom is 0.340 e. The van der Waals surface area contributed by atoms with E-state index in [2.05, 4.69) is 40.6 Å². The molecular weight excluding hydrogens is 666 g/mol. The number of esters is 2. The summed E-state index contributed by atoms with van der Waals surface area (Å²) in [5, 5.41) is 0. The molecule has 2 atom stereocenters. The molecule has 0 amide bonds. The number of carbonyl (C=O) groups excluding carboxylic acids is 2. The molecule has 11 heteroatoms. The first kappa shape index (κ1) is 39.2. The van der Waals surface area contributed by atoms with Crippen LogP contribution in [-0.2, 0) is 18.9 Å². The summed E-state index contributed by atoms with van der Waals surface area (Å²) in [4.78, 5) is 23.3. The van der Waals surface area contributed by atoms with E-state index in [1.165, 1.54) is 26.4 Å². The van der Waals surface area contributed by atoms with E-state index < -0.39 is 23.6 Å². The van der Waals surface area contributed by atoms with Crippen molar-refractivity contribution in [1.82, 2.24) is 0 Å². The summed E-state index contributed by atoms with van der Waals surface area (Å²) in [6.45, 7) is 5.59. The van der Waals surface area contributed by atoms with Gasteiger partial charge in [-0.1, -0.05) is 34.8 Å². The summed E-state index contributed by atoms with van der Waals surface area (Å²) in [6, 6.07) is 5.35. The van der Waals surface area contributed by atoms with Crippen molar-refractivity contribution in [3.05, 3.63) is 63.1 Å². The topological polar surface area (TPSA) is 89.5 Å². The maximum absolute atomic E-state index is 14.5. The molecule has 2 aromatic rings. The van der Waals surface area contributed by atoms with E-state index >= 15 is 0 Å². The van der Waals surface area contributed by atoms with Gasteiger partial charge in [0.05, 0.1) is 43.0 Å². The molecular formula is C35H47BrF2O8. The number of hydrogen-bond donors (Lipinski definition) is 0. The van der Waals surface area contributed by atoms with Crippen LogP contribution in [0.2, 0.25) is 0 Å². The lowest BCUT2D eigenvalue weighted by atomic mass is 9.81. The van der Waals surface area contributed by atoms with E-state index in [0.29, 0.717) is 29.2 Å². The van der Waals surface area contributed by atoms with Gasteiger partial charge in [-0.2, -0.15) is 0 Å². The highest BCUT2D eigenvalue weighted by molar-refractivity contribution is 9.10. The van der Waals surface area contributed by atoms with Crippen LogP contribution in [0, 0.1) is 17.0 Å². The summed E-state index contributed by atoms with van der Waals surface area (Å²) in [6.07, 6.45) is 8.98. The van der Waals surface area contributed by atoms with Gasteiger partial charge in [0.1, 0.15) is 23.1 Å². The quantitative estimate of drug-likeness (QED) is 0.263. The molecule has 0 aromatic heterocycles. The highest BCUT2D eigenvalue weighted by Gasteiger charge is 2.32. The number of methoxy groups -OCH3 is 2. The van der Waals surface area contributed by atoms with Crippen LogP contribution in [0.5, 0.6) is 11.5 Å². The minimum Gasteiger partial charge on any atom is -0.465 e. The van der Waals surface area contributed by atoms with Gasteiger partial charge in [-0.05, 0) is 77.6 Å². The summed E-state index contributed by atoms with van der Waals surface area (Å²) in [7, 11) is 2.45. The van der Waals surface area contributed by atoms with Crippen LogP contribution in [-0.4, -0.2) is 52.0 Å². The average molecular weight is 714 g/mol. The van der Waals surface area contributed by atoms with Gasteiger partial charge in [0, 0.05) is 30.5 Å². The standard InChI is InChI=1S/C20H25FO4.C13H14BrFO4.2CH4/c1-20(2)9-6-7-15(20)13-11-14(19(22)23-3)16(21)12-17(13)25-18-8-4-5-10-24-18;1-17-13(16)8-6-9(14)11(7-10(8)15)19-12-4-2-3-5-18-12;;/h7,11-12,18H,4-6,8-10H2,1-3H3;6-7,12H,2-5H2,1H3;2*1H4. The Labute approximate surface area is 279 Å². The number of rotatable bonds is 7. The predicted octanol–water partition coefficient (Wildman–Crippen LogP) is 9.27. The van der Waals surface area contributed by atoms with Crippen molar-refractivity contribution in [3.8, 4) is 11.5 Å². The van der Waals surface area contributed by atoms with Crippen LogP contribution in [0.15, 0.2) is 34.8 Å². The Kier molecular flexibility index (Phi) is 15.1. The molecule has 3 aliphatic rings. The van der Waals surface area contributed by atoms with Gasteiger partial charge in [0.2, 0.25) is 0 Å². The second-order valence-electron chi connectivity index (χ2n) is 11.4. The molecule has 0 N–H and O–H groups in total. The largest absolute Gasteiger partial charge is 0.465 e. The minimum absolute atomic E-state index is 0. The van der Waals surface area contributed by atoms with E-state index in [1.54, 1.807) is 6.07 Å². The summed E-state index contributed by atoms with van der Waals surface area (Å²) in [5.74, 6) is -1.98. The lowest BCUT2D eigenvalue weighted by Gasteiger charge is -2.28. The molecule has 2 aromatic carbocycles. The molecule has 0 saturated carbocycles. The predicted molar refractivity (Wildman–Crippen MR) is 176 cm³/mol. The second-order valence-corrected chi connectivity index (χ2v) is 12.3. The van der Waals surface area contributed by atoms with Crippen LogP contribution in [0.25, 0.3) is 5.57 Å². The van der Waals surface area contributed by atoms with Gasteiger partial charge < -0.3 is 28.4 Å². The summed E-state index contributed by atoms with van der Waals surface area (Å²) in [5.41, 5.74) is 1.56. The minimum atomic E-state index is -0.723. The number of benzene rings is 2. The van der Waals surface area contributed by atoms with Crippen LogP contribution in [0.3, 0.4) is 0 Å². The second kappa shape index (κ2) is 17.8. The first-order valence-electron chi connectivity index (χ1n) is 14.8. The van der Waals surface area contributed by atoms with Gasteiger partial charge >= 0.3 is 11.9 Å². The first-order chi connectivity index (χ1) is 21.0. The highest BCUT2D eigenvalue weighted by atomic mass is 79.9. The Bertz CT molecular complexity index is 1360. The normalized spacial score (nSPS) is 20.0. The van der Waals surface area contributed by atoms with E-state index in [-0.39, 0.29) is 44.0 Å². The Hall–Kier alpha value is -3.02. The van der Waals surface area contributed by atoms with Gasteiger partial charge in [0.25, 0.3) is 0 Å². The molecule has 1 aliphatic carbocycles. The van der Waals surface area contributed by atoms with Gasteiger partial charge in [-0.15, -0.1) is 0 Å².